The molecule has 1 aliphatic rings. The molecule has 0 amide bonds. The van der Waals surface area contributed by atoms with Crippen molar-refractivity contribution in [2.24, 2.45) is 0 Å². The Kier molecular flexibility index (Phi) is 5.42. The van der Waals surface area contributed by atoms with Crippen LogP contribution in [0.1, 0.15) is 47.5 Å². The lowest BCUT2D eigenvalue weighted by Crippen LogP contribution is -2.56. The maximum absolute atomic E-state index is 6.13. The highest BCUT2D eigenvalue weighted by molar-refractivity contribution is 4.85. The van der Waals surface area contributed by atoms with Crippen molar-refractivity contribution >= 4 is 0 Å². The third-order valence-electron chi connectivity index (χ3n) is 3.64. The van der Waals surface area contributed by atoms with Gasteiger partial charge < -0.3 is 10.1 Å². The molecule has 0 aromatic rings. The smallest absolute Gasteiger partial charge is 0.0652 e. The zero-order valence-corrected chi connectivity index (χ0v) is 12.3. The SMILES string of the molecule is CCCC(C)(C)OCC(C)(C)N1CCNCC1. The number of piperazine rings is 1. The first-order valence-electron chi connectivity index (χ1n) is 6.97. The molecule has 1 fully saturated rings. The standard InChI is InChI=1S/C14H30N2O/c1-6-7-14(4,5)17-12-13(2,3)16-10-8-15-9-11-16/h15H,6-12H2,1-5H3. The Morgan fingerprint density at radius 3 is 2.24 bits per heavy atom. The first-order valence-corrected chi connectivity index (χ1v) is 6.97. The molecule has 1 rings (SSSR count). The lowest BCUT2D eigenvalue weighted by atomic mass is 10.00. The maximum Gasteiger partial charge on any atom is 0.0652 e. The van der Waals surface area contributed by atoms with Gasteiger partial charge in [-0.2, -0.15) is 0 Å². The van der Waals surface area contributed by atoms with Crippen LogP contribution in [0.15, 0.2) is 0 Å². The molecule has 1 N–H and O–H groups in total. The molecule has 1 aliphatic heterocycles. The van der Waals surface area contributed by atoms with Crippen LogP contribution < -0.4 is 5.32 Å². The Bertz CT molecular complexity index is 220. The van der Waals surface area contributed by atoms with Gasteiger partial charge in [0.1, 0.15) is 0 Å². The number of nitrogens with zero attached hydrogens (tertiary/aromatic N) is 1. The largest absolute Gasteiger partial charge is 0.374 e. The lowest BCUT2D eigenvalue weighted by molar-refractivity contribution is -0.0770. The molecule has 0 unspecified atom stereocenters. The number of ether oxygens (including phenoxy) is 1. The van der Waals surface area contributed by atoms with Gasteiger partial charge in [-0.1, -0.05) is 13.3 Å². The van der Waals surface area contributed by atoms with E-state index in [4.69, 9.17) is 4.74 Å². The minimum Gasteiger partial charge on any atom is -0.374 e. The van der Waals surface area contributed by atoms with Gasteiger partial charge in [0, 0.05) is 31.7 Å². The summed E-state index contributed by atoms with van der Waals surface area (Å²) < 4.78 is 6.13. The van der Waals surface area contributed by atoms with Gasteiger partial charge in [-0.15, -0.1) is 0 Å². The van der Waals surface area contributed by atoms with Crippen molar-refractivity contribution in [1.82, 2.24) is 10.2 Å². The molecule has 17 heavy (non-hydrogen) atoms. The van der Waals surface area contributed by atoms with E-state index in [0.29, 0.717) is 0 Å². The molecule has 1 heterocycles. The van der Waals surface area contributed by atoms with E-state index in [1.807, 2.05) is 0 Å². The third-order valence-corrected chi connectivity index (χ3v) is 3.64. The van der Waals surface area contributed by atoms with Crippen molar-refractivity contribution in [2.75, 3.05) is 32.8 Å². The summed E-state index contributed by atoms with van der Waals surface area (Å²) in [7, 11) is 0. The van der Waals surface area contributed by atoms with Gasteiger partial charge >= 0.3 is 0 Å². The summed E-state index contributed by atoms with van der Waals surface area (Å²) in [5, 5.41) is 3.40. The van der Waals surface area contributed by atoms with Gasteiger partial charge in [-0.25, -0.2) is 0 Å². The van der Waals surface area contributed by atoms with Crippen LogP contribution >= 0.6 is 0 Å². The average Bonchev–Trinajstić information content (AvgIpc) is 2.28. The third kappa shape index (κ3) is 4.94. The molecule has 0 spiro atoms. The molecular weight excluding hydrogens is 212 g/mol. The Labute approximate surface area is 107 Å². The Morgan fingerprint density at radius 1 is 1.12 bits per heavy atom. The predicted octanol–water partition coefficient (Wildman–Crippen LogP) is 2.27. The second kappa shape index (κ2) is 6.17. The second-order valence-corrected chi connectivity index (χ2v) is 6.35. The molecule has 102 valence electrons. The van der Waals surface area contributed by atoms with Gasteiger partial charge in [0.05, 0.1) is 12.2 Å². The number of hydrogen-bond donors (Lipinski definition) is 1. The molecule has 0 saturated carbocycles. The monoisotopic (exact) mass is 242 g/mol. The predicted molar refractivity (Wildman–Crippen MR) is 73.5 cm³/mol. The van der Waals surface area contributed by atoms with Gasteiger partial charge in [-0.05, 0) is 34.1 Å². The van der Waals surface area contributed by atoms with Crippen molar-refractivity contribution in [3.8, 4) is 0 Å². The Balaban J connectivity index is 2.42. The summed E-state index contributed by atoms with van der Waals surface area (Å²) >= 11 is 0. The van der Waals surface area contributed by atoms with Gasteiger partial charge in [0.2, 0.25) is 0 Å². The van der Waals surface area contributed by atoms with E-state index in [1.54, 1.807) is 0 Å². The van der Waals surface area contributed by atoms with Crippen LogP contribution in [0.4, 0.5) is 0 Å². The van der Waals surface area contributed by atoms with E-state index in [9.17, 15) is 0 Å². The van der Waals surface area contributed by atoms with Gasteiger partial charge in [-0.3, -0.25) is 4.90 Å². The van der Waals surface area contributed by atoms with E-state index in [2.05, 4.69) is 44.8 Å². The fourth-order valence-electron chi connectivity index (χ4n) is 2.41. The zero-order chi connectivity index (χ0) is 12.9. The van der Waals surface area contributed by atoms with Crippen molar-refractivity contribution < 1.29 is 4.74 Å². The topological polar surface area (TPSA) is 24.5 Å². The average molecular weight is 242 g/mol. The highest BCUT2D eigenvalue weighted by Gasteiger charge is 2.30. The molecule has 3 heteroatoms. The highest BCUT2D eigenvalue weighted by Crippen LogP contribution is 2.22. The molecule has 0 aromatic carbocycles. The summed E-state index contributed by atoms with van der Waals surface area (Å²) in [4.78, 5) is 2.53. The summed E-state index contributed by atoms with van der Waals surface area (Å²) in [6, 6.07) is 0. The summed E-state index contributed by atoms with van der Waals surface area (Å²) in [6.07, 6.45) is 2.31. The number of hydrogen-bond acceptors (Lipinski definition) is 3. The molecule has 0 bridgehead atoms. The van der Waals surface area contributed by atoms with Crippen LogP contribution in [-0.4, -0.2) is 48.8 Å². The number of rotatable bonds is 6. The molecule has 1 saturated heterocycles. The maximum atomic E-state index is 6.13. The van der Waals surface area contributed by atoms with Crippen LogP contribution in [-0.2, 0) is 4.74 Å². The summed E-state index contributed by atoms with van der Waals surface area (Å²) in [5.74, 6) is 0. The summed E-state index contributed by atoms with van der Waals surface area (Å²) in [5.41, 5.74) is 0.160. The molecule has 0 atom stereocenters. The molecule has 0 radical (unpaired) electrons. The van der Waals surface area contributed by atoms with Crippen LogP contribution in [0.5, 0.6) is 0 Å². The van der Waals surface area contributed by atoms with Crippen LogP contribution in [0.3, 0.4) is 0 Å². The van der Waals surface area contributed by atoms with Crippen LogP contribution in [0.25, 0.3) is 0 Å². The van der Waals surface area contributed by atoms with Crippen LogP contribution in [0.2, 0.25) is 0 Å². The first-order chi connectivity index (χ1) is 7.87. The molecule has 0 aliphatic carbocycles. The fraction of sp³-hybridized carbons (Fsp3) is 1.00. The van der Waals surface area contributed by atoms with E-state index in [0.717, 1.165) is 39.2 Å². The highest BCUT2D eigenvalue weighted by atomic mass is 16.5. The summed E-state index contributed by atoms with van der Waals surface area (Å²) in [6.45, 7) is 16.5. The normalized spacial score (nSPS) is 19.6. The minimum atomic E-state index is 0.0139. The number of nitrogens with one attached hydrogen (secondary N) is 1. The van der Waals surface area contributed by atoms with Crippen molar-refractivity contribution in [3.05, 3.63) is 0 Å². The molecular formula is C14H30N2O. The minimum absolute atomic E-state index is 0.0139. The lowest BCUT2D eigenvalue weighted by Gasteiger charge is -2.42. The van der Waals surface area contributed by atoms with Crippen LogP contribution in [0, 0.1) is 0 Å². The molecule has 0 aromatic heterocycles. The second-order valence-electron chi connectivity index (χ2n) is 6.35. The quantitative estimate of drug-likeness (QED) is 0.773. The van der Waals surface area contributed by atoms with E-state index >= 15 is 0 Å². The fourth-order valence-corrected chi connectivity index (χ4v) is 2.41. The van der Waals surface area contributed by atoms with E-state index in [1.165, 1.54) is 6.42 Å². The van der Waals surface area contributed by atoms with E-state index in [-0.39, 0.29) is 11.1 Å². The molecule has 3 nitrogen and oxygen atoms in total. The Hall–Kier alpha value is -0.120. The van der Waals surface area contributed by atoms with Crippen molar-refractivity contribution in [3.63, 3.8) is 0 Å². The zero-order valence-electron chi connectivity index (χ0n) is 12.3. The Morgan fingerprint density at radius 2 is 1.71 bits per heavy atom. The first kappa shape index (κ1) is 14.9. The van der Waals surface area contributed by atoms with Crippen molar-refractivity contribution in [1.29, 1.82) is 0 Å². The van der Waals surface area contributed by atoms with Gasteiger partial charge in [0.25, 0.3) is 0 Å². The van der Waals surface area contributed by atoms with Gasteiger partial charge in [0.15, 0.2) is 0 Å². The van der Waals surface area contributed by atoms with E-state index < -0.39 is 0 Å². The van der Waals surface area contributed by atoms with Crippen molar-refractivity contribution in [2.45, 2.75) is 58.6 Å².